The van der Waals surface area contributed by atoms with Crippen molar-refractivity contribution in [2.75, 3.05) is 33.3 Å². The summed E-state index contributed by atoms with van der Waals surface area (Å²) in [5.41, 5.74) is 0. The molecule has 0 bridgehead atoms. The number of carbonyl (C=O) groups excluding carboxylic acids is 1. The molecule has 2 aliphatic rings. The molecule has 0 radical (unpaired) electrons. The van der Waals surface area contributed by atoms with Gasteiger partial charge in [-0.05, 0) is 19.9 Å². The highest BCUT2D eigenvalue weighted by Crippen LogP contribution is 2.28. The van der Waals surface area contributed by atoms with Crippen molar-refractivity contribution in [3.05, 3.63) is 0 Å². The molecule has 2 rings (SSSR count). The lowest BCUT2D eigenvalue weighted by atomic mass is 9.90. The van der Waals surface area contributed by atoms with Gasteiger partial charge in [0.1, 0.15) is 0 Å². The van der Waals surface area contributed by atoms with E-state index in [0.29, 0.717) is 13.2 Å². The Morgan fingerprint density at radius 3 is 2.77 bits per heavy atom. The van der Waals surface area contributed by atoms with Crippen LogP contribution in [0.2, 0.25) is 0 Å². The summed E-state index contributed by atoms with van der Waals surface area (Å²) in [4.78, 5) is 15.3. The Balaban J connectivity index is 1.88. The number of alkyl halides is 3. The summed E-state index contributed by atoms with van der Waals surface area (Å²) < 4.78 is 42.7. The number of amides is 1. The molecule has 8 heteroatoms. The lowest BCUT2D eigenvalue weighted by molar-refractivity contribution is -0.207. The van der Waals surface area contributed by atoms with Gasteiger partial charge in [0.2, 0.25) is 5.91 Å². The lowest BCUT2D eigenvalue weighted by Gasteiger charge is -2.44. The van der Waals surface area contributed by atoms with E-state index in [1.165, 1.54) is 11.9 Å². The second-order valence-corrected chi connectivity index (χ2v) is 6.10. The Labute approximate surface area is 128 Å². The normalized spacial score (nSPS) is 27.6. The quantitative estimate of drug-likeness (QED) is 0.839. The van der Waals surface area contributed by atoms with E-state index in [1.807, 2.05) is 0 Å². The van der Waals surface area contributed by atoms with Crippen molar-refractivity contribution in [1.82, 2.24) is 9.80 Å². The van der Waals surface area contributed by atoms with Gasteiger partial charge in [-0.1, -0.05) is 12.8 Å². The maximum atomic E-state index is 12.4. The summed E-state index contributed by atoms with van der Waals surface area (Å²) in [5, 5.41) is 9.06. The SMILES string of the molecule is CN(CC(=O)N1CCOC2CCCCC21)CC(O)C(F)(F)F. The first-order valence-corrected chi connectivity index (χ1v) is 7.63. The Bertz CT molecular complexity index is 390. The van der Waals surface area contributed by atoms with Gasteiger partial charge in [-0.25, -0.2) is 0 Å². The molecule has 1 heterocycles. The summed E-state index contributed by atoms with van der Waals surface area (Å²) in [6.07, 6.45) is -3.11. The highest BCUT2D eigenvalue weighted by Gasteiger charge is 2.40. The summed E-state index contributed by atoms with van der Waals surface area (Å²) in [6, 6.07) is 0.0379. The van der Waals surface area contributed by atoms with E-state index in [4.69, 9.17) is 9.84 Å². The van der Waals surface area contributed by atoms with Crippen LogP contribution < -0.4 is 0 Å². The number of carbonyl (C=O) groups is 1. The predicted molar refractivity (Wildman–Crippen MR) is 73.3 cm³/mol. The van der Waals surface area contributed by atoms with E-state index in [9.17, 15) is 18.0 Å². The molecule has 1 amide bonds. The van der Waals surface area contributed by atoms with Crippen LogP contribution in [0, 0.1) is 0 Å². The van der Waals surface area contributed by atoms with Crippen LogP contribution in [0.15, 0.2) is 0 Å². The number of fused-ring (bicyclic) bond motifs is 1. The Hall–Kier alpha value is -0.860. The number of hydrogen-bond acceptors (Lipinski definition) is 4. The molecule has 0 aromatic heterocycles. The first kappa shape index (κ1) is 17.5. The van der Waals surface area contributed by atoms with Crippen LogP contribution >= 0.6 is 0 Å². The minimum absolute atomic E-state index is 0.0379. The molecule has 1 aliphatic heterocycles. The van der Waals surface area contributed by atoms with Crippen LogP contribution in [0.1, 0.15) is 25.7 Å². The van der Waals surface area contributed by atoms with E-state index >= 15 is 0 Å². The van der Waals surface area contributed by atoms with Crippen LogP contribution in [-0.4, -0.2) is 78.5 Å². The number of halogens is 3. The maximum absolute atomic E-state index is 12.4. The highest BCUT2D eigenvalue weighted by atomic mass is 19.4. The Morgan fingerprint density at radius 2 is 2.09 bits per heavy atom. The second-order valence-electron chi connectivity index (χ2n) is 6.10. The third-order valence-corrected chi connectivity index (χ3v) is 4.32. The summed E-state index contributed by atoms with van der Waals surface area (Å²) >= 11 is 0. The monoisotopic (exact) mass is 324 g/mol. The third-order valence-electron chi connectivity index (χ3n) is 4.32. The zero-order valence-corrected chi connectivity index (χ0v) is 12.7. The van der Waals surface area contributed by atoms with Gasteiger partial charge in [0.25, 0.3) is 0 Å². The Kier molecular flexibility index (Phi) is 5.68. The molecule has 3 atom stereocenters. The van der Waals surface area contributed by atoms with Gasteiger partial charge in [-0.3, -0.25) is 9.69 Å². The van der Waals surface area contributed by atoms with E-state index < -0.39 is 18.8 Å². The van der Waals surface area contributed by atoms with E-state index in [2.05, 4.69) is 0 Å². The lowest BCUT2D eigenvalue weighted by Crippen LogP contribution is -2.57. The number of morpholine rings is 1. The number of rotatable bonds is 4. The van der Waals surface area contributed by atoms with Crippen LogP contribution in [0.25, 0.3) is 0 Å². The smallest absolute Gasteiger partial charge is 0.382 e. The first-order valence-electron chi connectivity index (χ1n) is 7.63. The fourth-order valence-corrected chi connectivity index (χ4v) is 3.19. The molecule has 3 unspecified atom stereocenters. The Morgan fingerprint density at radius 1 is 1.41 bits per heavy atom. The molecule has 1 saturated carbocycles. The average molecular weight is 324 g/mol. The van der Waals surface area contributed by atoms with Crippen molar-refractivity contribution in [3.8, 4) is 0 Å². The minimum atomic E-state index is -4.66. The standard InChI is InChI=1S/C14H23F3N2O3/c1-18(8-12(20)14(15,16)17)9-13(21)19-6-7-22-11-5-3-2-4-10(11)19/h10-12,20H,2-9H2,1H3. The number of aliphatic hydroxyl groups excluding tert-OH is 1. The van der Waals surface area contributed by atoms with E-state index in [-0.39, 0.29) is 24.6 Å². The molecule has 0 aromatic rings. The summed E-state index contributed by atoms with van der Waals surface area (Å²) in [7, 11) is 1.41. The molecule has 1 aliphatic carbocycles. The number of nitrogens with zero attached hydrogens (tertiary/aromatic N) is 2. The van der Waals surface area contributed by atoms with Crippen molar-refractivity contribution in [3.63, 3.8) is 0 Å². The molecule has 0 spiro atoms. The summed E-state index contributed by atoms with van der Waals surface area (Å²) in [5.74, 6) is -0.197. The molecular weight excluding hydrogens is 301 g/mol. The van der Waals surface area contributed by atoms with Gasteiger partial charge in [0.15, 0.2) is 6.10 Å². The number of hydrogen-bond donors (Lipinski definition) is 1. The molecule has 1 saturated heterocycles. The fraction of sp³-hybridized carbons (Fsp3) is 0.929. The van der Waals surface area contributed by atoms with Gasteiger partial charge < -0.3 is 14.7 Å². The second kappa shape index (κ2) is 7.14. The average Bonchev–Trinajstić information content (AvgIpc) is 2.45. The number of aliphatic hydroxyl groups is 1. The van der Waals surface area contributed by atoms with Gasteiger partial charge in [-0.2, -0.15) is 13.2 Å². The maximum Gasteiger partial charge on any atom is 0.415 e. The van der Waals surface area contributed by atoms with Crippen LogP contribution in [0.5, 0.6) is 0 Å². The third kappa shape index (κ3) is 4.33. The molecule has 22 heavy (non-hydrogen) atoms. The largest absolute Gasteiger partial charge is 0.415 e. The molecule has 128 valence electrons. The zero-order chi connectivity index (χ0) is 16.3. The van der Waals surface area contributed by atoms with Crippen LogP contribution in [-0.2, 0) is 9.53 Å². The van der Waals surface area contributed by atoms with Crippen molar-refractivity contribution < 1.29 is 27.8 Å². The van der Waals surface area contributed by atoms with Gasteiger partial charge in [-0.15, -0.1) is 0 Å². The first-order chi connectivity index (χ1) is 10.3. The van der Waals surface area contributed by atoms with Crippen LogP contribution in [0.3, 0.4) is 0 Å². The molecule has 0 aromatic carbocycles. The van der Waals surface area contributed by atoms with Crippen LogP contribution in [0.4, 0.5) is 13.2 Å². The van der Waals surface area contributed by atoms with Gasteiger partial charge in [0.05, 0.1) is 25.3 Å². The zero-order valence-electron chi connectivity index (χ0n) is 12.7. The molecule has 2 fully saturated rings. The summed E-state index contributed by atoms with van der Waals surface area (Å²) in [6.45, 7) is 0.224. The van der Waals surface area contributed by atoms with Crippen molar-refractivity contribution >= 4 is 5.91 Å². The fourth-order valence-electron chi connectivity index (χ4n) is 3.19. The van der Waals surface area contributed by atoms with E-state index in [1.54, 1.807) is 4.90 Å². The van der Waals surface area contributed by atoms with Gasteiger partial charge >= 0.3 is 6.18 Å². The van der Waals surface area contributed by atoms with E-state index in [0.717, 1.165) is 25.7 Å². The van der Waals surface area contributed by atoms with Crippen molar-refractivity contribution in [2.45, 2.75) is 50.1 Å². The van der Waals surface area contributed by atoms with Crippen molar-refractivity contribution in [1.29, 1.82) is 0 Å². The minimum Gasteiger partial charge on any atom is -0.382 e. The van der Waals surface area contributed by atoms with Crippen molar-refractivity contribution in [2.24, 2.45) is 0 Å². The number of likely N-dealkylation sites (N-methyl/N-ethyl adjacent to an activating group) is 1. The highest BCUT2D eigenvalue weighted by molar-refractivity contribution is 5.78. The molecular formula is C14H23F3N2O3. The molecule has 5 nitrogen and oxygen atoms in total. The van der Waals surface area contributed by atoms with Gasteiger partial charge in [0, 0.05) is 13.1 Å². The predicted octanol–water partition coefficient (Wildman–Crippen LogP) is 1.01. The number of ether oxygens (including phenoxy) is 1. The topological polar surface area (TPSA) is 53.0 Å². The molecule has 1 N–H and O–H groups in total.